The van der Waals surface area contributed by atoms with E-state index in [0.717, 1.165) is 31.4 Å². The first-order chi connectivity index (χ1) is 12.7. The lowest BCUT2D eigenvalue weighted by atomic mass is 10.0. The SMILES string of the molecule is O=C(NCCc1c[nH]c2ccccc12)C1(C(=O)NCC2CCCO2)CC1. The van der Waals surface area contributed by atoms with E-state index < -0.39 is 5.41 Å². The normalized spacial score (nSPS) is 20.8. The Morgan fingerprint density at radius 2 is 2.00 bits per heavy atom. The molecule has 1 aliphatic carbocycles. The summed E-state index contributed by atoms with van der Waals surface area (Å²) in [4.78, 5) is 28.2. The molecule has 1 aromatic carbocycles. The molecule has 1 aromatic heterocycles. The van der Waals surface area contributed by atoms with Gasteiger partial charge in [0.15, 0.2) is 0 Å². The van der Waals surface area contributed by atoms with Crippen LogP contribution in [0.15, 0.2) is 30.5 Å². The molecule has 26 heavy (non-hydrogen) atoms. The Bertz CT molecular complexity index is 803. The van der Waals surface area contributed by atoms with Crippen LogP contribution in [0.25, 0.3) is 10.9 Å². The second-order valence-electron chi connectivity index (χ2n) is 7.29. The van der Waals surface area contributed by atoms with E-state index in [-0.39, 0.29) is 17.9 Å². The van der Waals surface area contributed by atoms with Crippen molar-refractivity contribution in [3.8, 4) is 0 Å². The maximum Gasteiger partial charge on any atom is 0.235 e. The van der Waals surface area contributed by atoms with Crippen molar-refractivity contribution in [1.82, 2.24) is 15.6 Å². The quantitative estimate of drug-likeness (QED) is 0.664. The van der Waals surface area contributed by atoms with Crippen molar-refractivity contribution >= 4 is 22.7 Å². The van der Waals surface area contributed by atoms with Crippen LogP contribution >= 0.6 is 0 Å². The standard InChI is InChI=1S/C20H25N3O3/c24-18(20(8-9-20)19(25)23-13-15-4-3-11-26-15)21-10-7-14-12-22-17-6-2-1-5-16(14)17/h1-2,5-6,12,15,22H,3-4,7-11,13H2,(H,21,24)(H,23,25). The molecule has 2 heterocycles. The Morgan fingerprint density at radius 1 is 1.19 bits per heavy atom. The van der Waals surface area contributed by atoms with Gasteiger partial charge in [0, 0.05) is 36.8 Å². The summed E-state index contributed by atoms with van der Waals surface area (Å²) in [7, 11) is 0. The molecule has 2 amide bonds. The molecule has 1 saturated heterocycles. The number of carbonyl (C=O) groups excluding carboxylic acids is 2. The fraction of sp³-hybridized carbons (Fsp3) is 0.500. The number of ether oxygens (including phenoxy) is 1. The zero-order valence-electron chi connectivity index (χ0n) is 14.8. The van der Waals surface area contributed by atoms with Crippen molar-refractivity contribution in [2.24, 2.45) is 5.41 Å². The number of para-hydroxylation sites is 1. The van der Waals surface area contributed by atoms with Crippen molar-refractivity contribution in [3.05, 3.63) is 36.0 Å². The molecule has 0 spiro atoms. The minimum Gasteiger partial charge on any atom is -0.376 e. The van der Waals surface area contributed by atoms with E-state index in [0.29, 0.717) is 25.9 Å². The first kappa shape index (κ1) is 17.1. The minimum atomic E-state index is -0.862. The average molecular weight is 355 g/mol. The van der Waals surface area contributed by atoms with Crippen molar-refractivity contribution in [2.75, 3.05) is 19.7 Å². The second kappa shape index (κ2) is 7.11. The van der Waals surface area contributed by atoms with Crippen molar-refractivity contribution in [2.45, 2.75) is 38.2 Å². The van der Waals surface area contributed by atoms with E-state index >= 15 is 0 Å². The zero-order chi connectivity index (χ0) is 18.0. The van der Waals surface area contributed by atoms with Gasteiger partial charge in [0.05, 0.1) is 6.10 Å². The lowest BCUT2D eigenvalue weighted by Crippen LogP contribution is -2.45. The molecular weight excluding hydrogens is 330 g/mol. The molecule has 138 valence electrons. The van der Waals surface area contributed by atoms with Crippen molar-refractivity contribution in [3.63, 3.8) is 0 Å². The molecule has 6 nitrogen and oxygen atoms in total. The fourth-order valence-electron chi connectivity index (χ4n) is 3.68. The molecule has 2 fully saturated rings. The molecule has 6 heteroatoms. The summed E-state index contributed by atoms with van der Waals surface area (Å²) < 4.78 is 5.52. The van der Waals surface area contributed by atoms with Crippen LogP contribution in [0.5, 0.6) is 0 Å². The number of fused-ring (bicyclic) bond motifs is 1. The van der Waals surface area contributed by atoms with Crippen LogP contribution in [0.2, 0.25) is 0 Å². The third-order valence-corrected chi connectivity index (χ3v) is 5.49. The van der Waals surface area contributed by atoms with E-state index in [1.807, 2.05) is 24.4 Å². The Kier molecular flexibility index (Phi) is 4.68. The van der Waals surface area contributed by atoms with Crippen LogP contribution in [0.1, 0.15) is 31.2 Å². The largest absolute Gasteiger partial charge is 0.376 e. The Morgan fingerprint density at radius 3 is 2.77 bits per heavy atom. The van der Waals surface area contributed by atoms with Gasteiger partial charge in [0.25, 0.3) is 0 Å². The third kappa shape index (κ3) is 3.33. The number of hydrogen-bond acceptors (Lipinski definition) is 3. The molecule has 4 rings (SSSR count). The first-order valence-electron chi connectivity index (χ1n) is 9.42. The number of amides is 2. The smallest absolute Gasteiger partial charge is 0.235 e. The number of aromatic nitrogens is 1. The lowest BCUT2D eigenvalue weighted by Gasteiger charge is -2.17. The molecule has 1 atom stereocenters. The highest BCUT2D eigenvalue weighted by Crippen LogP contribution is 2.46. The van der Waals surface area contributed by atoms with Gasteiger partial charge >= 0.3 is 0 Å². The van der Waals surface area contributed by atoms with Gasteiger partial charge in [-0.1, -0.05) is 18.2 Å². The number of H-pyrrole nitrogens is 1. The van der Waals surface area contributed by atoms with Gasteiger partial charge in [-0.05, 0) is 43.7 Å². The van der Waals surface area contributed by atoms with Crippen LogP contribution in [-0.2, 0) is 20.7 Å². The maximum absolute atomic E-state index is 12.5. The maximum atomic E-state index is 12.5. The number of hydrogen-bond donors (Lipinski definition) is 3. The van der Waals surface area contributed by atoms with Gasteiger partial charge in [-0.15, -0.1) is 0 Å². The van der Waals surface area contributed by atoms with Crippen LogP contribution < -0.4 is 10.6 Å². The molecule has 1 saturated carbocycles. The van der Waals surface area contributed by atoms with E-state index in [9.17, 15) is 9.59 Å². The lowest BCUT2D eigenvalue weighted by molar-refractivity contribution is -0.137. The molecule has 0 radical (unpaired) electrons. The Labute approximate surface area is 152 Å². The number of rotatable bonds is 7. The summed E-state index contributed by atoms with van der Waals surface area (Å²) in [5.41, 5.74) is 1.41. The van der Waals surface area contributed by atoms with Crippen molar-refractivity contribution < 1.29 is 14.3 Å². The second-order valence-corrected chi connectivity index (χ2v) is 7.29. The molecular formula is C20H25N3O3. The number of carbonyl (C=O) groups is 2. The van der Waals surface area contributed by atoms with Gasteiger partial charge in [0.2, 0.25) is 11.8 Å². The van der Waals surface area contributed by atoms with Crippen LogP contribution in [0.3, 0.4) is 0 Å². The van der Waals surface area contributed by atoms with E-state index in [4.69, 9.17) is 4.74 Å². The Hall–Kier alpha value is -2.34. The summed E-state index contributed by atoms with van der Waals surface area (Å²) >= 11 is 0. The fourth-order valence-corrected chi connectivity index (χ4v) is 3.68. The summed E-state index contributed by atoms with van der Waals surface area (Å²) in [6.07, 6.45) is 6.09. The summed E-state index contributed by atoms with van der Waals surface area (Å²) in [5, 5.41) is 7.04. The molecule has 1 aliphatic heterocycles. The average Bonchev–Trinajstić information content (AvgIpc) is 3.12. The number of benzene rings is 1. The molecule has 3 N–H and O–H groups in total. The summed E-state index contributed by atoms with van der Waals surface area (Å²) in [5.74, 6) is -0.306. The zero-order valence-corrected chi connectivity index (χ0v) is 14.8. The summed E-state index contributed by atoms with van der Waals surface area (Å²) in [6, 6.07) is 8.12. The number of nitrogens with one attached hydrogen (secondary N) is 3. The summed E-state index contributed by atoms with van der Waals surface area (Å²) in [6.45, 7) is 1.80. The highest BCUT2D eigenvalue weighted by atomic mass is 16.5. The molecule has 1 unspecified atom stereocenters. The molecule has 2 aliphatic rings. The van der Waals surface area contributed by atoms with Gasteiger partial charge in [-0.2, -0.15) is 0 Å². The van der Waals surface area contributed by atoms with Crippen molar-refractivity contribution in [1.29, 1.82) is 0 Å². The highest BCUT2D eigenvalue weighted by Gasteiger charge is 2.56. The predicted octanol–water partition coefficient (Wildman–Crippen LogP) is 1.90. The predicted molar refractivity (Wildman–Crippen MR) is 98.7 cm³/mol. The van der Waals surface area contributed by atoms with E-state index in [2.05, 4.69) is 21.7 Å². The third-order valence-electron chi connectivity index (χ3n) is 5.49. The molecule has 0 bridgehead atoms. The van der Waals surface area contributed by atoms with Crippen LogP contribution in [0.4, 0.5) is 0 Å². The topological polar surface area (TPSA) is 83.2 Å². The monoisotopic (exact) mass is 355 g/mol. The van der Waals surface area contributed by atoms with E-state index in [1.54, 1.807) is 0 Å². The van der Waals surface area contributed by atoms with Gasteiger partial charge in [0.1, 0.15) is 5.41 Å². The van der Waals surface area contributed by atoms with E-state index in [1.165, 1.54) is 10.9 Å². The van der Waals surface area contributed by atoms with Gasteiger partial charge in [-0.25, -0.2) is 0 Å². The Balaban J connectivity index is 1.28. The van der Waals surface area contributed by atoms with Gasteiger partial charge in [-0.3, -0.25) is 9.59 Å². The minimum absolute atomic E-state index is 0.0969. The molecule has 2 aromatic rings. The number of aromatic amines is 1. The van der Waals surface area contributed by atoms with Crippen LogP contribution in [-0.4, -0.2) is 42.6 Å². The van der Waals surface area contributed by atoms with Gasteiger partial charge < -0.3 is 20.4 Å². The highest BCUT2D eigenvalue weighted by molar-refractivity contribution is 6.07. The first-order valence-corrected chi connectivity index (χ1v) is 9.42. The van der Waals surface area contributed by atoms with Crippen LogP contribution in [0, 0.1) is 5.41 Å².